The Balaban J connectivity index is 1.47. The van der Waals surface area contributed by atoms with Crippen LogP contribution < -0.4 is 20.1 Å². The molecular formula is C24H26N2O3. The molecule has 0 aliphatic carbocycles. The minimum absolute atomic E-state index is 0.127. The summed E-state index contributed by atoms with van der Waals surface area (Å²) in [7, 11) is 1.57. The van der Waals surface area contributed by atoms with Crippen molar-refractivity contribution >= 4 is 11.6 Å². The molecule has 0 spiro atoms. The maximum atomic E-state index is 12.4. The highest BCUT2D eigenvalue weighted by atomic mass is 16.5. The first-order valence-corrected chi connectivity index (χ1v) is 9.68. The van der Waals surface area contributed by atoms with Crippen LogP contribution in [-0.2, 0) is 6.61 Å². The normalized spacial score (nSPS) is 10.2. The molecule has 0 heterocycles. The van der Waals surface area contributed by atoms with Gasteiger partial charge < -0.3 is 20.1 Å². The number of rotatable bonds is 10. The summed E-state index contributed by atoms with van der Waals surface area (Å²) in [5.74, 6) is 1.02. The number of carbonyl (C=O) groups is 1. The molecule has 0 unspecified atom stereocenters. The minimum atomic E-state index is -0.127. The first kappa shape index (κ1) is 20.3. The second-order valence-corrected chi connectivity index (χ2v) is 6.54. The van der Waals surface area contributed by atoms with Gasteiger partial charge in [0.15, 0.2) is 11.5 Å². The number of hydrogen-bond acceptors (Lipinski definition) is 4. The van der Waals surface area contributed by atoms with Crippen molar-refractivity contribution in [2.24, 2.45) is 0 Å². The molecule has 3 aromatic carbocycles. The first-order valence-electron chi connectivity index (χ1n) is 9.68. The number of carbonyl (C=O) groups excluding carboxylic acids is 1. The summed E-state index contributed by atoms with van der Waals surface area (Å²) >= 11 is 0. The number of para-hydroxylation sites is 1. The molecule has 0 saturated carbocycles. The van der Waals surface area contributed by atoms with Gasteiger partial charge in [-0.05, 0) is 42.3 Å². The van der Waals surface area contributed by atoms with Crippen LogP contribution in [0.3, 0.4) is 0 Å². The fourth-order valence-corrected chi connectivity index (χ4v) is 2.84. The second kappa shape index (κ2) is 10.8. The molecule has 3 rings (SSSR count). The largest absolute Gasteiger partial charge is 0.493 e. The summed E-state index contributed by atoms with van der Waals surface area (Å²) in [6.07, 6.45) is 0.829. The molecule has 5 heteroatoms. The lowest BCUT2D eigenvalue weighted by Crippen LogP contribution is -2.25. The van der Waals surface area contributed by atoms with Crippen molar-refractivity contribution in [1.82, 2.24) is 5.32 Å². The molecule has 0 fully saturated rings. The van der Waals surface area contributed by atoms with E-state index in [9.17, 15) is 4.79 Å². The standard InChI is InChI=1S/C24H26N2O3/c1-28-23-17-20(13-14-22(23)29-18-19-9-4-2-5-10-19)24(27)26-16-8-15-25-21-11-6-3-7-12-21/h2-7,9-14,17,25H,8,15-16,18H2,1H3,(H,26,27). The maximum absolute atomic E-state index is 12.4. The van der Waals surface area contributed by atoms with Crippen LogP contribution in [0, 0.1) is 0 Å². The van der Waals surface area contributed by atoms with Crippen molar-refractivity contribution < 1.29 is 14.3 Å². The van der Waals surface area contributed by atoms with E-state index >= 15 is 0 Å². The molecule has 150 valence electrons. The van der Waals surface area contributed by atoms with Gasteiger partial charge in [-0.15, -0.1) is 0 Å². The minimum Gasteiger partial charge on any atom is -0.493 e. The number of benzene rings is 3. The van der Waals surface area contributed by atoms with Gasteiger partial charge in [-0.3, -0.25) is 4.79 Å². The van der Waals surface area contributed by atoms with Gasteiger partial charge in [0.05, 0.1) is 7.11 Å². The van der Waals surface area contributed by atoms with E-state index in [1.54, 1.807) is 25.3 Å². The third kappa shape index (κ3) is 6.28. The maximum Gasteiger partial charge on any atom is 0.251 e. The molecule has 0 radical (unpaired) electrons. The van der Waals surface area contributed by atoms with Gasteiger partial charge in [0.2, 0.25) is 0 Å². The number of amides is 1. The van der Waals surface area contributed by atoms with E-state index in [0.29, 0.717) is 30.2 Å². The Labute approximate surface area is 171 Å². The number of hydrogen-bond donors (Lipinski definition) is 2. The van der Waals surface area contributed by atoms with E-state index in [4.69, 9.17) is 9.47 Å². The van der Waals surface area contributed by atoms with Crippen LogP contribution in [0.4, 0.5) is 5.69 Å². The summed E-state index contributed by atoms with van der Waals surface area (Å²) in [5, 5.41) is 6.26. The molecule has 0 atom stereocenters. The topological polar surface area (TPSA) is 59.6 Å². The average Bonchev–Trinajstić information content (AvgIpc) is 2.78. The highest BCUT2D eigenvalue weighted by Crippen LogP contribution is 2.28. The third-order valence-corrected chi connectivity index (χ3v) is 4.41. The Morgan fingerprint density at radius 2 is 1.59 bits per heavy atom. The molecule has 2 N–H and O–H groups in total. The summed E-state index contributed by atoms with van der Waals surface area (Å²) in [6.45, 7) is 1.82. The van der Waals surface area contributed by atoms with Crippen LogP contribution in [0.1, 0.15) is 22.3 Å². The quantitative estimate of drug-likeness (QED) is 0.500. The number of nitrogens with one attached hydrogen (secondary N) is 2. The summed E-state index contributed by atoms with van der Waals surface area (Å²) < 4.78 is 11.2. The van der Waals surface area contributed by atoms with Crippen LogP contribution in [0.15, 0.2) is 78.9 Å². The predicted octanol–water partition coefficient (Wildman–Crippen LogP) is 4.51. The second-order valence-electron chi connectivity index (χ2n) is 6.54. The monoisotopic (exact) mass is 390 g/mol. The molecule has 3 aromatic rings. The van der Waals surface area contributed by atoms with Gasteiger partial charge in [-0.1, -0.05) is 48.5 Å². The van der Waals surface area contributed by atoms with Gasteiger partial charge in [0, 0.05) is 24.3 Å². The molecule has 0 aliphatic rings. The smallest absolute Gasteiger partial charge is 0.251 e. The lowest BCUT2D eigenvalue weighted by Gasteiger charge is -2.12. The third-order valence-electron chi connectivity index (χ3n) is 4.41. The van der Waals surface area contributed by atoms with E-state index in [-0.39, 0.29) is 5.91 Å². The van der Waals surface area contributed by atoms with Gasteiger partial charge >= 0.3 is 0 Å². The lowest BCUT2D eigenvalue weighted by molar-refractivity contribution is 0.0953. The van der Waals surface area contributed by atoms with E-state index in [2.05, 4.69) is 10.6 Å². The van der Waals surface area contributed by atoms with Crippen molar-refractivity contribution in [2.45, 2.75) is 13.0 Å². The summed E-state index contributed by atoms with van der Waals surface area (Å²) in [4.78, 5) is 12.4. The molecular weight excluding hydrogens is 364 g/mol. The van der Waals surface area contributed by atoms with Crippen LogP contribution in [0.5, 0.6) is 11.5 Å². The molecule has 1 amide bonds. The van der Waals surface area contributed by atoms with Crippen molar-refractivity contribution in [3.63, 3.8) is 0 Å². The molecule has 0 saturated heterocycles. The zero-order chi connectivity index (χ0) is 20.3. The zero-order valence-electron chi connectivity index (χ0n) is 16.6. The van der Waals surface area contributed by atoms with Crippen molar-refractivity contribution in [3.05, 3.63) is 90.0 Å². The molecule has 29 heavy (non-hydrogen) atoms. The van der Waals surface area contributed by atoms with Gasteiger partial charge in [0.1, 0.15) is 6.61 Å². The van der Waals surface area contributed by atoms with Crippen molar-refractivity contribution in [2.75, 3.05) is 25.5 Å². The van der Waals surface area contributed by atoms with E-state index in [1.165, 1.54) is 0 Å². The first-order chi connectivity index (χ1) is 14.3. The molecule has 0 aliphatic heterocycles. The zero-order valence-corrected chi connectivity index (χ0v) is 16.6. The Kier molecular flexibility index (Phi) is 7.52. The molecule has 0 aromatic heterocycles. The van der Waals surface area contributed by atoms with E-state index in [0.717, 1.165) is 24.2 Å². The Bertz CT molecular complexity index is 899. The summed E-state index contributed by atoms with van der Waals surface area (Å²) in [5.41, 5.74) is 2.69. The van der Waals surface area contributed by atoms with Crippen molar-refractivity contribution in [3.8, 4) is 11.5 Å². The van der Waals surface area contributed by atoms with Crippen LogP contribution in [-0.4, -0.2) is 26.1 Å². The number of ether oxygens (including phenoxy) is 2. The fraction of sp³-hybridized carbons (Fsp3) is 0.208. The van der Waals surface area contributed by atoms with Crippen LogP contribution in [0.25, 0.3) is 0 Å². The average molecular weight is 390 g/mol. The highest BCUT2D eigenvalue weighted by Gasteiger charge is 2.11. The van der Waals surface area contributed by atoms with E-state index in [1.807, 2.05) is 60.7 Å². The van der Waals surface area contributed by atoms with Gasteiger partial charge in [-0.25, -0.2) is 0 Å². The SMILES string of the molecule is COc1cc(C(=O)NCCCNc2ccccc2)ccc1OCc1ccccc1. The van der Waals surface area contributed by atoms with Gasteiger partial charge in [-0.2, -0.15) is 0 Å². The predicted molar refractivity (Wildman–Crippen MR) is 116 cm³/mol. The Hall–Kier alpha value is -3.47. The molecule has 0 bridgehead atoms. The highest BCUT2D eigenvalue weighted by molar-refractivity contribution is 5.94. The molecule has 5 nitrogen and oxygen atoms in total. The fourth-order valence-electron chi connectivity index (χ4n) is 2.84. The van der Waals surface area contributed by atoms with Crippen molar-refractivity contribution in [1.29, 1.82) is 0 Å². The number of methoxy groups -OCH3 is 1. The summed E-state index contributed by atoms with van der Waals surface area (Å²) in [6, 6.07) is 25.1. The number of anilines is 1. The van der Waals surface area contributed by atoms with Crippen LogP contribution in [0.2, 0.25) is 0 Å². The van der Waals surface area contributed by atoms with E-state index < -0.39 is 0 Å². The lowest BCUT2D eigenvalue weighted by atomic mass is 10.2. The Morgan fingerprint density at radius 3 is 2.31 bits per heavy atom. The Morgan fingerprint density at radius 1 is 0.862 bits per heavy atom. The van der Waals surface area contributed by atoms with Gasteiger partial charge in [0.25, 0.3) is 5.91 Å². The van der Waals surface area contributed by atoms with Crippen LogP contribution >= 0.6 is 0 Å².